The maximum Gasteiger partial charge on any atom is 0.264 e. The molecule has 1 fully saturated rings. The molecule has 2 amide bonds. The molecular formula is C25H28N2O3S. The molecule has 0 unspecified atom stereocenters. The summed E-state index contributed by atoms with van der Waals surface area (Å²) >= 11 is 1.43. The third-order valence-electron chi connectivity index (χ3n) is 6.14. The van der Waals surface area contributed by atoms with E-state index in [1.54, 1.807) is 19.1 Å². The van der Waals surface area contributed by atoms with Crippen molar-refractivity contribution in [3.63, 3.8) is 0 Å². The second-order valence-electron chi connectivity index (χ2n) is 8.28. The Hall–Kier alpha value is -2.73. The van der Waals surface area contributed by atoms with Crippen LogP contribution in [0.25, 0.3) is 6.08 Å². The van der Waals surface area contributed by atoms with Gasteiger partial charge in [-0.2, -0.15) is 0 Å². The molecule has 0 radical (unpaired) electrons. The predicted octanol–water partition coefficient (Wildman–Crippen LogP) is 5.11. The molecule has 1 heterocycles. The SMILES string of the molecule is COc1cccc(/C=C2\Sc3ccc(C(=O)N[C@H]4CCCC[C@@H]4C)cc3N(C)C2=O)c1. The van der Waals surface area contributed by atoms with Gasteiger partial charge in [-0.1, -0.05) is 43.7 Å². The zero-order valence-corrected chi connectivity index (χ0v) is 19.0. The number of thioether (sulfide) groups is 1. The molecule has 1 aliphatic heterocycles. The monoisotopic (exact) mass is 436 g/mol. The molecule has 0 spiro atoms. The number of ether oxygens (including phenoxy) is 1. The number of carbonyl (C=O) groups is 2. The summed E-state index contributed by atoms with van der Waals surface area (Å²) < 4.78 is 5.28. The van der Waals surface area contributed by atoms with Gasteiger partial charge in [0.15, 0.2) is 0 Å². The number of fused-ring (bicyclic) bond motifs is 1. The molecule has 5 nitrogen and oxygen atoms in total. The minimum Gasteiger partial charge on any atom is -0.497 e. The quantitative estimate of drug-likeness (QED) is 0.677. The number of hydrogen-bond acceptors (Lipinski definition) is 4. The molecule has 2 atom stereocenters. The standard InChI is InChI=1S/C25H28N2O3S/c1-16-7-4-5-10-20(16)26-24(28)18-11-12-22-21(15-18)27(2)25(29)23(31-22)14-17-8-6-9-19(13-17)30-3/h6,8-9,11-16,20H,4-5,7,10H2,1-3H3,(H,26,28)/b23-14-/t16-,20-/m0/s1. The van der Waals surface area contributed by atoms with Crippen LogP contribution in [-0.2, 0) is 4.79 Å². The summed E-state index contributed by atoms with van der Waals surface area (Å²) in [6.45, 7) is 2.20. The number of methoxy groups -OCH3 is 1. The van der Waals surface area contributed by atoms with Gasteiger partial charge in [0.1, 0.15) is 5.75 Å². The van der Waals surface area contributed by atoms with Crippen molar-refractivity contribution in [1.82, 2.24) is 5.32 Å². The maximum atomic E-state index is 13.0. The Kier molecular flexibility index (Phi) is 6.37. The second kappa shape index (κ2) is 9.18. The molecule has 31 heavy (non-hydrogen) atoms. The van der Waals surface area contributed by atoms with Gasteiger partial charge in [-0.3, -0.25) is 9.59 Å². The Morgan fingerprint density at radius 3 is 2.77 bits per heavy atom. The highest BCUT2D eigenvalue weighted by molar-refractivity contribution is 8.04. The van der Waals surface area contributed by atoms with Crippen molar-refractivity contribution in [1.29, 1.82) is 0 Å². The Morgan fingerprint density at radius 2 is 2.00 bits per heavy atom. The molecule has 1 aliphatic carbocycles. The molecule has 2 aliphatic rings. The maximum absolute atomic E-state index is 13.0. The highest BCUT2D eigenvalue weighted by Crippen LogP contribution is 2.42. The van der Waals surface area contributed by atoms with Gasteiger partial charge in [0.25, 0.3) is 11.8 Å². The van der Waals surface area contributed by atoms with E-state index in [0.29, 0.717) is 16.4 Å². The van der Waals surface area contributed by atoms with Crippen molar-refractivity contribution in [2.24, 2.45) is 5.92 Å². The number of benzene rings is 2. The van der Waals surface area contributed by atoms with Crippen LogP contribution in [0.4, 0.5) is 5.69 Å². The van der Waals surface area contributed by atoms with Crippen LogP contribution >= 0.6 is 11.8 Å². The minimum absolute atomic E-state index is 0.0647. The highest BCUT2D eigenvalue weighted by atomic mass is 32.2. The van der Waals surface area contributed by atoms with E-state index < -0.39 is 0 Å². The van der Waals surface area contributed by atoms with Crippen molar-refractivity contribution >= 4 is 35.3 Å². The molecular weight excluding hydrogens is 408 g/mol. The number of nitrogens with one attached hydrogen (secondary N) is 1. The number of hydrogen-bond donors (Lipinski definition) is 1. The zero-order valence-electron chi connectivity index (χ0n) is 18.2. The van der Waals surface area contributed by atoms with E-state index >= 15 is 0 Å². The number of carbonyl (C=O) groups excluding carboxylic acids is 2. The van der Waals surface area contributed by atoms with E-state index in [1.807, 2.05) is 48.5 Å². The third-order valence-corrected chi connectivity index (χ3v) is 7.21. The topological polar surface area (TPSA) is 58.6 Å². The Bertz CT molecular complexity index is 1030. The summed E-state index contributed by atoms with van der Waals surface area (Å²) in [5, 5.41) is 3.20. The number of amides is 2. The molecule has 6 heteroatoms. The minimum atomic E-state index is -0.0845. The second-order valence-corrected chi connectivity index (χ2v) is 9.36. The van der Waals surface area contributed by atoms with Crippen LogP contribution in [0.2, 0.25) is 0 Å². The number of rotatable bonds is 4. The molecule has 0 bridgehead atoms. The lowest BCUT2D eigenvalue weighted by molar-refractivity contribution is -0.114. The van der Waals surface area contributed by atoms with Crippen molar-refractivity contribution < 1.29 is 14.3 Å². The van der Waals surface area contributed by atoms with Gasteiger partial charge in [0.2, 0.25) is 0 Å². The number of anilines is 1. The first-order valence-electron chi connectivity index (χ1n) is 10.7. The van der Waals surface area contributed by atoms with Gasteiger partial charge in [-0.15, -0.1) is 0 Å². The summed E-state index contributed by atoms with van der Waals surface area (Å²) in [6.07, 6.45) is 6.47. The van der Waals surface area contributed by atoms with Crippen LogP contribution in [0, 0.1) is 5.92 Å². The van der Waals surface area contributed by atoms with E-state index in [2.05, 4.69) is 12.2 Å². The van der Waals surface area contributed by atoms with Crippen LogP contribution in [-0.4, -0.2) is 32.0 Å². The van der Waals surface area contributed by atoms with Crippen LogP contribution in [0.5, 0.6) is 5.75 Å². The molecule has 1 N–H and O–H groups in total. The third kappa shape index (κ3) is 4.64. The smallest absolute Gasteiger partial charge is 0.264 e. The first-order chi connectivity index (χ1) is 15.0. The van der Waals surface area contributed by atoms with Crippen LogP contribution in [0.15, 0.2) is 52.3 Å². The van der Waals surface area contributed by atoms with Crippen molar-refractivity contribution in [2.75, 3.05) is 19.1 Å². The van der Waals surface area contributed by atoms with E-state index in [-0.39, 0.29) is 17.9 Å². The summed E-state index contributed by atoms with van der Waals surface area (Å²) in [5.74, 6) is 1.10. The molecule has 4 rings (SSSR count). The van der Waals surface area contributed by atoms with Gasteiger partial charge >= 0.3 is 0 Å². The molecule has 2 aromatic carbocycles. The normalized spacial score (nSPS) is 22.2. The van der Waals surface area contributed by atoms with Gasteiger partial charge in [-0.05, 0) is 60.7 Å². The Morgan fingerprint density at radius 1 is 1.19 bits per heavy atom. The molecule has 162 valence electrons. The number of nitrogens with zero attached hydrogens (tertiary/aromatic N) is 1. The van der Waals surface area contributed by atoms with E-state index in [0.717, 1.165) is 41.2 Å². The highest BCUT2D eigenvalue weighted by Gasteiger charge is 2.28. The predicted molar refractivity (Wildman–Crippen MR) is 126 cm³/mol. The van der Waals surface area contributed by atoms with Gasteiger partial charge in [0, 0.05) is 23.5 Å². The Balaban J connectivity index is 1.55. The Labute approximate surface area is 187 Å². The first-order valence-corrected chi connectivity index (χ1v) is 11.5. The lowest BCUT2D eigenvalue weighted by Crippen LogP contribution is -2.41. The summed E-state index contributed by atoms with van der Waals surface area (Å²) in [6, 6.07) is 13.4. The molecule has 0 aromatic heterocycles. The molecule has 1 saturated carbocycles. The van der Waals surface area contributed by atoms with E-state index in [9.17, 15) is 9.59 Å². The van der Waals surface area contributed by atoms with Crippen molar-refractivity contribution in [3.8, 4) is 5.75 Å². The van der Waals surface area contributed by atoms with E-state index in [1.165, 1.54) is 18.2 Å². The van der Waals surface area contributed by atoms with Crippen LogP contribution in [0.3, 0.4) is 0 Å². The van der Waals surface area contributed by atoms with Crippen molar-refractivity contribution in [3.05, 3.63) is 58.5 Å². The van der Waals surface area contributed by atoms with Gasteiger partial charge < -0.3 is 15.0 Å². The van der Waals surface area contributed by atoms with Crippen LogP contribution in [0.1, 0.15) is 48.5 Å². The summed E-state index contributed by atoms with van der Waals surface area (Å²) in [4.78, 5) is 29.1. The average Bonchev–Trinajstić information content (AvgIpc) is 2.78. The van der Waals surface area contributed by atoms with Gasteiger partial charge in [-0.25, -0.2) is 0 Å². The molecule has 0 saturated heterocycles. The zero-order chi connectivity index (χ0) is 22.0. The fraction of sp³-hybridized carbons (Fsp3) is 0.360. The summed E-state index contributed by atoms with van der Waals surface area (Å²) in [5.41, 5.74) is 2.27. The van der Waals surface area contributed by atoms with Crippen molar-refractivity contribution in [2.45, 2.75) is 43.5 Å². The fourth-order valence-electron chi connectivity index (χ4n) is 4.20. The average molecular weight is 437 g/mol. The van der Waals surface area contributed by atoms with E-state index in [4.69, 9.17) is 4.74 Å². The molecule has 2 aromatic rings. The lowest BCUT2D eigenvalue weighted by atomic mass is 9.86. The van der Waals surface area contributed by atoms with Crippen LogP contribution < -0.4 is 15.0 Å². The largest absolute Gasteiger partial charge is 0.497 e. The summed E-state index contributed by atoms with van der Waals surface area (Å²) in [7, 11) is 3.38. The van der Waals surface area contributed by atoms with Gasteiger partial charge in [0.05, 0.1) is 17.7 Å². The fourth-order valence-corrected chi connectivity index (χ4v) is 5.29. The lowest BCUT2D eigenvalue weighted by Gasteiger charge is -2.30. The first kappa shape index (κ1) is 21.5. The number of likely N-dealkylation sites (N-methyl/N-ethyl adjacent to an activating group) is 1.